The number of carbonyl (C=O) groups is 2. The first kappa shape index (κ1) is 19.1. The monoisotopic (exact) mass is 305 g/mol. The van der Waals surface area contributed by atoms with E-state index in [0.717, 1.165) is 12.5 Å². The van der Waals surface area contributed by atoms with Gasteiger partial charge in [0.05, 0.1) is 6.42 Å². The molecule has 0 bridgehead atoms. The van der Waals surface area contributed by atoms with Crippen molar-refractivity contribution in [3.8, 4) is 0 Å². The fourth-order valence-corrected chi connectivity index (χ4v) is 3.05. The van der Waals surface area contributed by atoms with Crippen LogP contribution in [-0.2, 0) is 14.0 Å². The van der Waals surface area contributed by atoms with E-state index in [-0.39, 0.29) is 12.0 Å². The molecule has 0 aliphatic carbocycles. The molecule has 0 saturated carbocycles. The Morgan fingerprint density at radius 3 is 2.30 bits per heavy atom. The van der Waals surface area contributed by atoms with Gasteiger partial charge in [-0.1, -0.05) is 6.92 Å². The van der Waals surface area contributed by atoms with Crippen LogP contribution in [0.15, 0.2) is 0 Å². The SMILES string of the molecule is CCN(CCC[SiH2]OC(C)(C)C)C(CC(=O)O)C(=O)O. The third-order valence-corrected chi connectivity index (χ3v) is 4.73. The lowest BCUT2D eigenvalue weighted by Gasteiger charge is -2.26. The number of rotatable bonds is 10. The molecule has 1 unspecified atom stereocenters. The molecule has 0 rings (SSSR count). The second-order valence-electron chi connectivity index (χ2n) is 5.75. The van der Waals surface area contributed by atoms with E-state index in [1.807, 2.05) is 27.7 Å². The zero-order valence-electron chi connectivity index (χ0n) is 12.9. The Kier molecular flexibility index (Phi) is 8.67. The molecule has 0 fully saturated rings. The molecule has 0 aromatic heterocycles. The summed E-state index contributed by atoms with van der Waals surface area (Å²) in [5.74, 6) is -2.15. The lowest BCUT2D eigenvalue weighted by molar-refractivity contribution is -0.149. The molecule has 0 aliphatic heterocycles. The van der Waals surface area contributed by atoms with E-state index in [1.54, 1.807) is 4.90 Å². The number of carboxylic acid groups (broad SMARTS) is 2. The van der Waals surface area contributed by atoms with E-state index in [0.29, 0.717) is 13.1 Å². The average Bonchev–Trinajstić information content (AvgIpc) is 2.29. The van der Waals surface area contributed by atoms with Crippen molar-refractivity contribution in [2.45, 2.75) is 58.2 Å². The lowest BCUT2D eigenvalue weighted by Crippen LogP contribution is -2.43. The molecule has 0 aromatic rings. The van der Waals surface area contributed by atoms with E-state index in [1.165, 1.54) is 0 Å². The largest absolute Gasteiger partial charge is 0.481 e. The van der Waals surface area contributed by atoms with Crippen molar-refractivity contribution in [1.29, 1.82) is 0 Å². The molecular formula is C13H27NO5Si. The van der Waals surface area contributed by atoms with E-state index in [9.17, 15) is 9.59 Å². The molecule has 6 nitrogen and oxygen atoms in total. The summed E-state index contributed by atoms with van der Waals surface area (Å²) in [4.78, 5) is 23.6. The number of likely N-dealkylation sites (N-methyl/N-ethyl adjacent to an activating group) is 1. The summed E-state index contributed by atoms with van der Waals surface area (Å²) < 4.78 is 5.73. The predicted octanol–water partition coefficient (Wildman–Crippen LogP) is 0.944. The Balaban J connectivity index is 4.18. The Morgan fingerprint density at radius 1 is 1.30 bits per heavy atom. The second kappa shape index (κ2) is 9.09. The van der Waals surface area contributed by atoms with E-state index in [4.69, 9.17) is 14.6 Å². The van der Waals surface area contributed by atoms with E-state index >= 15 is 0 Å². The molecule has 20 heavy (non-hydrogen) atoms. The smallest absolute Gasteiger partial charge is 0.321 e. The summed E-state index contributed by atoms with van der Waals surface area (Å²) in [6.45, 7) is 9.04. The molecule has 2 N–H and O–H groups in total. The lowest BCUT2D eigenvalue weighted by atomic mass is 10.1. The van der Waals surface area contributed by atoms with Crippen molar-refractivity contribution in [2.24, 2.45) is 0 Å². The Morgan fingerprint density at radius 2 is 1.90 bits per heavy atom. The van der Waals surface area contributed by atoms with Crippen LogP contribution in [0.1, 0.15) is 40.5 Å². The van der Waals surface area contributed by atoms with Gasteiger partial charge in [-0.25, -0.2) is 0 Å². The standard InChI is InChI=1S/C13H27NO5Si/c1-5-14(10(12(17)18)9-11(15)16)7-6-8-20-19-13(2,3)4/h10H,5-9,20H2,1-4H3,(H,15,16)(H,17,18). The summed E-state index contributed by atoms with van der Waals surface area (Å²) in [7, 11) is -0.600. The van der Waals surface area contributed by atoms with Gasteiger partial charge in [-0.2, -0.15) is 0 Å². The van der Waals surface area contributed by atoms with Gasteiger partial charge in [-0.15, -0.1) is 0 Å². The average molecular weight is 305 g/mol. The zero-order valence-corrected chi connectivity index (χ0v) is 14.3. The highest BCUT2D eigenvalue weighted by Gasteiger charge is 2.26. The van der Waals surface area contributed by atoms with Crippen molar-refractivity contribution < 1.29 is 24.2 Å². The van der Waals surface area contributed by atoms with Gasteiger partial charge in [0.25, 0.3) is 0 Å². The Labute approximate surface area is 123 Å². The predicted molar refractivity (Wildman–Crippen MR) is 79.7 cm³/mol. The molecule has 0 spiro atoms. The summed E-state index contributed by atoms with van der Waals surface area (Å²) in [5.41, 5.74) is -0.108. The van der Waals surface area contributed by atoms with Crippen LogP contribution in [0.4, 0.5) is 0 Å². The van der Waals surface area contributed by atoms with Crippen LogP contribution < -0.4 is 0 Å². The van der Waals surface area contributed by atoms with Crippen LogP contribution in [0.2, 0.25) is 6.04 Å². The molecule has 0 radical (unpaired) electrons. The maximum atomic E-state index is 11.1. The fourth-order valence-electron chi connectivity index (χ4n) is 1.87. The zero-order chi connectivity index (χ0) is 15.8. The third-order valence-electron chi connectivity index (χ3n) is 2.87. The summed E-state index contributed by atoms with van der Waals surface area (Å²) in [5, 5.41) is 17.9. The summed E-state index contributed by atoms with van der Waals surface area (Å²) in [6.07, 6.45) is 0.485. The van der Waals surface area contributed by atoms with Crippen LogP contribution in [-0.4, -0.2) is 61.5 Å². The first-order chi connectivity index (χ1) is 9.17. The number of nitrogens with zero attached hydrogens (tertiary/aromatic N) is 1. The highest BCUT2D eigenvalue weighted by Crippen LogP contribution is 2.09. The third kappa shape index (κ3) is 9.06. The fraction of sp³-hybridized carbons (Fsp3) is 0.846. The maximum Gasteiger partial charge on any atom is 0.321 e. The van der Waals surface area contributed by atoms with E-state index in [2.05, 4.69) is 0 Å². The molecule has 0 heterocycles. The second-order valence-corrected chi connectivity index (χ2v) is 7.15. The van der Waals surface area contributed by atoms with E-state index < -0.39 is 27.7 Å². The number of hydrogen-bond donors (Lipinski definition) is 2. The van der Waals surface area contributed by atoms with Gasteiger partial charge in [0.2, 0.25) is 0 Å². The topological polar surface area (TPSA) is 87.1 Å². The van der Waals surface area contributed by atoms with Crippen molar-refractivity contribution in [3.05, 3.63) is 0 Å². The quantitative estimate of drug-likeness (QED) is 0.461. The number of hydrogen-bond acceptors (Lipinski definition) is 4. The molecule has 0 aromatic carbocycles. The summed E-state index contributed by atoms with van der Waals surface area (Å²) in [6, 6.07) is 0.0235. The molecule has 118 valence electrons. The van der Waals surface area contributed by atoms with Gasteiger partial charge in [-0.3, -0.25) is 14.5 Å². The minimum atomic E-state index is -1.08. The molecule has 0 saturated heterocycles. The minimum absolute atomic E-state index is 0.108. The highest BCUT2D eigenvalue weighted by molar-refractivity contribution is 6.27. The van der Waals surface area contributed by atoms with Crippen molar-refractivity contribution in [3.63, 3.8) is 0 Å². The molecule has 1 atom stereocenters. The van der Waals surface area contributed by atoms with Gasteiger partial charge in [-0.05, 0) is 46.3 Å². The van der Waals surface area contributed by atoms with Crippen molar-refractivity contribution >= 4 is 21.7 Å². The minimum Gasteiger partial charge on any atom is -0.481 e. The van der Waals surface area contributed by atoms with Crippen LogP contribution in [0, 0.1) is 0 Å². The van der Waals surface area contributed by atoms with Crippen LogP contribution >= 0.6 is 0 Å². The Hall–Kier alpha value is -0.923. The van der Waals surface area contributed by atoms with Gasteiger partial charge in [0, 0.05) is 5.60 Å². The number of aliphatic carboxylic acids is 2. The van der Waals surface area contributed by atoms with Crippen molar-refractivity contribution in [1.82, 2.24) is 4.90 Å². The molecule has 0 amide bonds. The number of carboxylic acids is 2. The van der Waals surface area contributed by atoms with Gasteiger partial charge in [0.15, 0.2) is 9.76 Å². The van der Waals surface area contributed by atoms with Gasteiger partial charge >= 0.3 is 11.9 Å². The molecule has 7 heteroatoms. The first-order valence-electron chi connectivity index (χ1n) is 7.00. The first-order valence-corrected chi connectivity index (χ1v) is 8.57. The summed E-state index contributed by atoms with van der Waals surface area (Å²) >= 11 is 0. The molecule has 0 aliphatic rings. The van der Waals surface area contributed by atoms with Crippen molar-refractivity contribution in [2.75, 3.05) is 13.1 Å². The Bertz CT molecular complexity index is 316. The molecular weight excluding hydrogens is 278 g/mol. The maximum absolute atomic E-state index is 11.1. The van der Waals surface area contributed by atoms with Crippen LogP contribution in [0.3, 0.4) is 0 Å². The van der Waals surface area contributed by atoms with Gasteiger partial charge < -0.3 is 14.6 Å². The van der Waals surface area contributed by atoms with Gasteiger partial charge in [0.1, 0.15) is 6.04 Å². The van der Waals surface area contributed by atoms with Crippen LogP contribution in [0.5, 0.6) is 0 Å². The normalized spacial score (nSPS) is 14.1. The highest BCUT2D eigenvalue weighted by atomic mass is 28.2. The van der Waals surface area contributed by atoms with Crippen LogP contribution in [0.25, 0.3) is 0 Å².